The molecule has 31 heavy (non-hydrogen) atoms. The summed E-state index contributed by atoms with van der Waals surface area (Å²) in [7, 11) is -1.62. The number of anilines is 1. The number of nitrogens with one attached hydrogen (secondary N) is 1. The number of nitrogens with zero attached hydrogens (tertiary/aromatic N) is 2. The molecule has 3 N–H and O–H groups in total. The van der Waals surface area contributed by atoms with Crippen molar-refractivity contribution in [2.24, 2.45) is 5.92 Å². The van der Waals surface area contributed by atoms with Crippen LogP contribution in [0, 0.1) is 5.92 Å². The maximum absolute atomic E-state index is 12.1. The van der Waals surface area contributed by atoms with E-state index < -0.39 is 26.4 Å². The zero-order chi connectivity index (χ0) is 22.2. The summed E-state index contributed by atoms with van der Waals surface area (Å²) in [6.45, 7) is 4.23. The van der Waals surface area contributed by atoms with Crippen LogP contribution in [0.2, 0.25) is 0 Å². The van der Waals surface area contributed by atoms with Gasteiger partial charge in [0.15, 0.2) is 0 Å². The third-order valence-electron chi connectivity index (χ3n) is 4.55. The van der Waals surface area contributed by atoms with Crippen LogP contribution in [0.3, 0.4) is 0 Å². The fraction of sp³-hybridized carbons (Fsp3) is 0.450. The third-order valence-corrected chi connectivity index (χ3v) is 5.72. The molecule has 4 unspecified atom stereocenters. The van der Waals surface area contributed by atoms with Crippen LogP contribution in [0.25, 0.3) is 0 Å². The zero-order valence-electron chi connectivity index (χ0n) is 17.5. The van der Waals surface area contributed by atoms with Crippen molar-refractivity contribution in [3.05, 3.63) is 53.1 Å². The summed E-state index contributed by atoms with van der Waals surface area (Å²) in [6.07, 6.45) is 1.57. The van der Waals surface area contributed by atoms with Crippen LogP contribution in [-0.4, -0.2) is 41.4 Å². The second-order valence-electron chi connectivity index (χ2n) is 7.00. The first-order chi connectivity index (χ1) is 15.0. The van der Waals surface area contributed by atoms with Gasteiger partial charge in [-0.05, 0) is 31.5 Å². The molecule has 11 heteroatoms. The Morgan fingerprint density at radius 3 is 2.84 bits per heavy atom. The average Bonchev–Trinajstić information content (AvgIpc) is 3.11. The number of hydrogen-bond acceptors (Lipinski definition) is 9. The normalized spacial score (nSPS) is 21.5. The predicted octanol–water partition coefficient (Wildman–Crippen LogP) is 2.22. The summed E-state index contributed by atoms with van der Waals surface area (Å²) in [5.41, 5.74) is 5.11. The molecule has 0 amide bonds. The molecule has 10 nitrogen and oxygen atoms in total. The smallest absolute Gasteiger partial charge is 0.351 e. The Hall–Kier alpha value is -2.52. The molecular formula is C20H27N4O6P. The highest BCUT2D eigenvalue weighted by molar-refractivity contribution is 7.45. The standard InChI is InChI=1S/C20H27N4O6P/c1-3-27-18(25)12-22-31(30-15-7-5-4-6-8-15)28-13-16-11-14(2)19(29-16)24-10-9-17(21)23-20(24)26/h4-10,14,16,19,22H,3,11-13H2,1-2H3,(H2,21,23,26). The fourth-order valence-electron chi connectivity index (χ4n) is 3.16. The van der Waals surface area contributed by atoms with Crippen molar-refractivity contribution in [3.8, 4) is 5.75 Å². The van der Waals surface area contributed by atoms with Crippen LogP contribution in [0.5, 0.6) is 5.75 Å². The van der Waals surface area contributed by atoms with E-state index in [1.54, 1.807) is 31.3 Å². The van der Waals surface area contributed by atoms with E-state index in [0.29, 0.717) is 18.8 Å². The molecule has 0 saturated carbocycles. The molecule has 2 heterocycles. The molecule has 1 fully saturated rings. The molecule has 2 aromatic rings. The van der Waals surface area contributed by atoms with Gasteiger partial charge in [0.2, 0.25) is 0 Å². The number of nitrogens with two attached hydrogens (primary N) is 1. The lowest BCUT2D eigenvalue weighted by Crippen LogP contribution is -2.29. The summed E-state index contributed by atoms with van der Waals surface area (Å²) >= 11 is 0. The Balaban J connectivity index is 1.59. The Bertz CT molecular complexity index is 912. The van der Waals surface area contributed by atoms with Gasteiger partial charge in [-0.3, -0.25) is 9.36 Å². The molecule has 0 aliphatic carbocycles. The van der Waals surface area contributed by atoms with Crippen LogP contribution >= 0.6 is 8.53 Å². The van der Waals surface area contributed by atoms with Crippen LogP contribution in [0.1, 0.15) is 26.5 Å². The van der Waals surface area contributed by atoms with E-state index in [0.717, 1.165) is 0 Å². The highest BCUT2D eigenvalue weighted by Gasteiger charge is 2.35. The number of nitrogen functional groups attached to an aromatic ring is 1. The Labute approximate surface area is 181 Å². The largest absolute Gasteiger partial charge is 0.465 e. The molecule has 1 aliphatic rings. The summed E-state index contributed by atoms with van der Waals surface area (Å²) < 4.78 is 24.2. The van der Waals surface area contributed by atoms with E-state index in [4.69, 9.17) is 24.3 Å². The number of carbonyl (C=O) groups excluding carboxylic acids is 1. The van der Waals surface area contributed by atoms with Gasteiger partial charge in [-0.1, -0.05) is 25.1 Å². The SMILES string of the molecule is CCOC(=O)CNP(OCC1CC(C)C(n2ccc(N)nc2=O)O1)Oc1ccccc1. The van der Waals surface area contributed by atoms with Gasteiger partial charge in [0.1, 0.15) is 24.3 Å². The minimum Gasteiger partial charge on any atom is -0.465 e. The number of aromatic nitrogens is 2. The first-order valence-electron chi connectivity index (χ1n) is 10.0. The first-order valence-corrected chi connectivity index (χ1v) is 11.2. The molecule has 168 valence electrons. The van der Waals surface area contributed by atoms with Gasteiger partial charge < -0.3 is 24.3 Å². The summed E-state index contributed by atoms with van der Waals surface area (Å²) in [4.78, 5) is 27.6. The van der Waals surface area contributed by atoms with Gasteiger partial charge in [0, 0.05) is 12.1 Å². The van der Waals surface area contributed by atoms with Crippen molar-refractivity contribution in [1.29, 1.82) is 0 Å². The Morgan fingerprint density at radius 2 is 2.13 bits per heavy atom. The maximum Gasteiger partial charge on any atom is 0.351 e. The number of ether oxygens (including phenoxy) is 2. The second-order valence-corrected chi connectivity index (χ2v) is 8.27. The number of para-hydroxylation sites is 1. The van der Waals surface area contributed by atoms with Gasteiger partial charge in [-0.25, -0.2) is 9.88 Å². The van der Waals surface area contributed by atoms with Crippen LogP contribution in [0.15, 0.2) is 47.4 Å². The molecule has 3 rings (SSSR count). The maximum atomic E-state index is 12.1. The number of rotatable bonds is 10. The van der Waals surface area contributed by atoms with Crippen molar-refractivity contribution in [2.45, 2.75) is 32.6 Å². The van der Waals surface area contributed by atoms with E-state index in [1.165, 1.54) is 4.57 Å². The Kier molecular flexibility index (Phi) is 8.36. The number of hydrogen-bond donors (Lipinski definition) is 2. The molecule has 0 spiro atoms. The van der Waals surface area contributed by atoms with E-state index >= 15 is 0 Å². The van der Waals surface area contributed by atoms with E-state index in [9.17, 15) is 9.59 Å². The highest BCUT2D eigenvalue weighted by Crippen LogP contribution is 2.38. The van der Waals surface area contributed by atoms with Crippen LogP contribution < -0.4 is 21.0 Å². The lowest BCUT2D eigenvalue weighted by molar-refractivity contribution is -0.141. The minimum atomic E-state index is -1.62. The monoisotopic (exact) mass is 450 g/mol. The predicted molar refractivity (Wildman–Crippen MR) is 115 cm³/mol. The summed E-state index contributed by atoms with van der Waals surface area (Å²) in [6, 6.07) is 10.7. The number of benzene rings is 1. The van der Waals surface area contributed by atoms with Gasteiger partial charge >= 0.3 is 20.2 Å². The highest BCUT2D eigenvalue weighted by atomic mass is 31.2. The van der Waals surface area contributed by atoms with Gasteiger partial charge in [0.05, 0.1) is 19.3 Å². The quantitative estimate of drug-likeness (QED) is 0.414. The van der Waals surface area contributed by atoms with Crippen molar-refractivity contribution < 1.29 is 23.3 Å². The fourth-order valence-corrected chi connectivity index (χ4v) is 4.24. The van der Waals surface area contributed by atoms with Crippen molar-refractivity contribution in [3.63, 3.8) is 0 Å². The van der Waals surface area contributed by atoms with Crippen molar-refractivity contribution >= 4 is 20.3 Å². The topological polar surface area (TPSA) is 127 Å². The van der Waals surface area contributed by atoms with Gasteiger partial charge in [-0.2, -0.15) is 4.98 Å². The third kappa shape index (κ3) is 6.73. The molecular weight excluding hydrogens is 423 g/mol. The van der Waals surface area contributed by atoms with Crippen molar-refractivity contribution in [1.82, 2.24) is 14.6 Å². The molecule has 4 atom stereocenters. The Morgan fingerprint density at radius 1 is 1.35 bits per heavy atom. The lowest BCUT2D eigenvalue weighted by atomic mass is 10.1. The number of esters is 1. The molecule has 0 radical (unpaired) electrons. The first kappa shape index (κ1) is 23.1. The molecule has 1 aliphatic heterocycles. The van der Waals surface area contributed by atoms with Gasteiger partial charge in [0.25, 0.3) is 0 Å². The van der Waals surface area contributed by atoms with Crippen LogP contribution in [-0.2, 0) is 18.8 Å². The minimum absolute atomic E-state index is 0.0383. The summed E-state index contributed by atoms with van der Waals surface area (Å²) in [5.74, 6) is 0.466. The lowest BCUT2D eigenvalue weighted by Gasteiger charge is -2.21. The van der Waals surface area contributed by atoms with E-state index in [-0.39, 0.29) is 31.0 Å². The van der Waals surface area contributed by atoms with Crippen LogP contribution in [0.4, 0.5) is 5.82 Å². The average molecular weight is 450 g/mol. The summed E-state index contributed by atoms with van der Waals surface area (Å²) in [5, 5.41) is 2.96. The van der Waals surface area contributed by atoms with Gasteiger partial charge in [-0.15, -0.1) is 0 Å². The molecule has 1 aromatic carbocycles. The molecule has 1 saturated heterocycles. The molecule has 0 bridgehead atoms. The zero-order valence-corrected chi connectivity index (χ0v) is 18.4. The molecule has 1 aromatic heterocycles. The number of carbonyl (C=O) groups is 1. The second kappa shape index (κ2) is 11.2. The van der Waals surface area contributed by atoms with E-state index in [1.807, 2.05) is 25.1 Å². The van der Waals surface area contributed by atoms with E-state index in [2.05, 4.69) is 10.1 Å². The van der Waals surface area contributed by atoms with Crippen molar-refractivity contribution in [2.75, 3.05) is 25.5 Å².